The van der Waals surface area contributed by atoms with E-state index in [9.17, 15) is 22.8 Å². The number of halogens is 1. The highest BCUT2D eigenvalue weighted by Gasteiger charge is 2.16. The van der Waals surface area contributed by atoms with E-state index in [0.717, 1.165) is 6.92 Å². The molecule has 0 radical (unpaired) electrons. The number of nitrogens with zero attached hydrogens (tertiary/aromatic N) is 1. The summed E-state index contributed by atoms with van der Waals surface area (Å²) in [5, 5.41) is 3.05. The maximum atomic E-state index is 12.2. The Kier molecular flexibility index (Phi) is 5.76. The lowest BCUT2D eigenvalue weighted by Gasteiger charge is -2.08. The zero-order chi connectivity index (χ0) is 21.2. The summed E-state index contributed by atoms with van der Waals surface area (Å²) in [7, 11) is -3.95. The molecule has 0 fully saturated rings. The molecule has 29 heavy (non-hydrogen) atoms. The minimum atomic E-state index is -3.95. The Morgan fingerprint density at radius 1 is 1.14 bits per heavy atom. The highest BCUT2D eigenvalue weighted by atomic mass is 35.5. The van der Waals surface area contributed by atoms with Crippen LogP contribution in [0.2, 0.25) is 5.02 Å². The molecule has 2 amide bonds. The first-order chi connectivity index (χ1) is 13.7. The van der Waals surface area contributed by atoms with E-state index in [1.54, 1.807) is 18.2 Å². The van der Waals surface area contributed by atoms with Gasteiger partial charge in [0.2, 0.25) is 11.8 Å². The molecule has 11 heteroatoms. The van der Waals surface area contributed by atoms with Crippen LogP contribution >= 0.6 is 11.6 Å². The Balaban J connectivity index is 1.66. The molecule has 152 valence electrons. The maximum Gasteiger partial charge on any atom is 0.419 e. The number of carbonyl (C=O) groups excluding carboxylic acids is 2. The molecule has 1 heterocycles. The number of fused-ring (bicyclic) bond motifs is 1. The third kappa shape index (κ3) is 4.84. The number of oxazole rings is 1. The van der Waals surface area contributed by atoms with Crippen LogP contribution in [-0.2, 0) is 26.2 Å². The number of carbonyl (C=O) groups is 2. The van der Waals surface area contributed by atoms with Gasteiger partial charge >= 0.3 is 5.76 Å². The van der Waals surface area contributed by atoms with Gasteiger partial charge in [-0.05, 0) is 42.5 Å². The van der Waals surface area contributed by atoms with Crippen LogP contribution in [0.1, 0.15) is 13.3 Å². The number of hydrogen-bond donors (Lipinski definition) is 2. The van der Waals surface area contributed by atoms with Gasteiger partial charge in [0.25, 0.3) is 10.0 Å². The van der Waals surface area contributed by atoms with Crippen LogP contribution in [0.5, 0.6) is 0 Å². The first-order valence-corrected chi connectivity index (χ1v) is 10.2. The molecular weight excluding hydrogens is 422 g/mol. The number of aromatic nitrogens is 1. The van der Waals surface area contributed by atoms with Crippen LogP contribution < -0.4 is 15.8 Å². The van der Waals surface area contributed by atoms with Gasteiger partial charge < -0.3 is 9.73 Å². The predicted octanol–water partition coefficient (Wildman–Crippen LogP) is 2.10. The van der Waals surface area contributed by atoms with Crippen LogP contribution in [0.3, 0.4) is 0 Å². The van der Waals surface area contributed by atoms with Crippen molar-refractivity contribution in [3.63, 3.8) is 0 Å². The van der Waals surface area contributed by atoms with E-state index in [1.165, 1.54) is 28.8 Å². The minimum absolute atomic E-state index is 0.0208. The second kappa shape index (κ2) is 8.10. The third-order valence-electron chi connectivity index (χ3n) is 3.92. The lowest BCUT2D eigenvalue weighted by atomic mass is 10.3. The van der Waals surface area contributed by atoms with Gasteiger partial charge in [0.1, 0.15) is 0 Å². The van der Waals surface area contributed by atoms with Crippen LogP contribution in [0.15, 0.2) is 56.6 Å². The van der Waals surface area contributed by atoms with E-state index in [2.05, 4.69) is 5.32 Å². The number of aryl methyl sites for hydroxylation is 1. The van der Waals surface area contributed by atoms with Gasteiger partial charge in [0.05, 0.1) is 10.4 Å². The summed E-state index contributed by atoms with van der Waals surface area (Å²) in [5.74, 6) is -1.68. The van der Waals surface area contributed by atoms with Gasteiger partial charge in [0.15, 0.2) is 5.58 Å². The molecule has 9 nitrogen and oxygen atoms in total. The number of nitrogens with one attached hydrogen (secondary N) is 2. The second-order valence-electron chi connectivity index (χ2n) is 6.12. The van der Waals surface area contributed by atoms with Crippen molar-refractivity contribution in [1.29, 1.82) is 0 Å². The van der Waals surface area contributed by atoms with Gasteiger partial charge in [-0.15, -0.1) is 0 Å². The number of benzene rings is 2. The van der Waals surface area contributed by atoms with Crippen LogP contribution in [0, 0.1) is 0 Å². The fourth-order valence-corrected chi connectivity index (χ4v) is 3.81. The van der Waals surface area contributed by atoms with Gasteiger partial charge in [0, 0.05) is 30.6 Å². The summed E-state index contributed by atoms with van der Waals surface area (Å²) in [4.78, 5) is 35.0. The van der Waals surface area contributed by atoms with Gasteiger partial charge in [-0.2, -0.15) is 0 Å². The molecule has 0 aliphatic heterocycles. The van der Waals surface area contributed by atoms with Crippen molar-refractivity contribution in [3.05, 3.63) is 58.0 Å². The highest BCUT2D eigenvalue weighted by molar-refractivity contribution is 7.90. The van der Waals surface area contributed by atoms with Crippen molar-refractivity contribution in [2.45, 2.75) is 24.8 Å². The molecule has 0 spiro atoms. The average Bonchev–Trinajstić information content (AvgIpc) is 2.94. The smallest absolute Gasteiger partial charge is 0.408 e. The molecule has 2 N–H and O–H groups in total. The molecule has 0 bridgehead atoms. The summed E-state index contributed by atoms with van der Waals surface area (Å²) in [6.45, 7) is 1.17. The fraction of sp³-hybridized carbons (Fsp3) is 0.167. The van der Waals surface area contributed by atoms with Crippen molar-refractivity contribution >= 4 is 50.2 Å². The molecule has 0 unspecified atom stereocenters. The number of rotatable bonds is 6. The standard InChI is InChI=1S/C18H16ClN3O6S/c1-11(23)21-29(26,27)14-5-3-13(4-6-14)20-17(24)8-9-22-15-10-12(19)2-7-16(15)28-18(22)25/h2-7,10H,8-9H2,1H3,(H,20,24)(H,21,23). The van der Waals surface area contributed by atoms with Crippen LogP contribution in [0.4, 0.5) is 5.69 Å². The Morgan fingerprint density at radius 3 is 2.48 bits per heavy atom. The van der Waals surface area contributed by atoms with Gasteiger partial charge in [-0.25, -0.2) is 17.9 Å². The molecule has 0 saturated heterocycles. The van der Waals surface area contributed by atoms with Gasteiger partial charge in [-0.3, -0.25) is 14.2 Å². The predicted molar refractivity (Wildman–Crippen MR) is 106 cm³/mol. The highest BCUT2D eigenvalue weighted by Crippen LogP contribution is 2.19. The summed E-state index contributed by atoms with van der Waals surface area (Å²) in [5.41, 5.74) is 1.22. The summed E-state index contributed by atoms with van der Waals surface area (Å²) < 4.78 is 32.1. The Morgan fingerprint density at radius 2 is 1.83 bits per heavy atom. The maximum absolute atomic E-state index is 12.2. The summed E-state index contributed by atoms with van der Waals surface area (Å²) in [6.07, 6.45) is -0.0208. The molecule has 0 aliphatic rings. The lowest BCUT2D eigenvalue weighted by molar-refractivity contribution is -0.117. The minimum Gasteiger partial charge on any atom is -0.408 e. The molecule has 3 aromatic rings. The SMILES string of the molecule is CC(=O)NS(=O)(=O)c1ccc(NC(=O)CCn2c(=O)oc3ccc(Cl)cc32)cc1. The Hall–Kier alpha value is -3.11. The molecule has 0 atom stereocenters. The first-order valence-electron chi connectivity index (χ1n) is 8.38. The normalized spacial score (nSPS) is 11.4. The third-order valence-corrected chi connectivity index (χ3v) is 5.60. The zero-order valence-electron chi connectivity index (χ0n) is 15.1. The van der Waals surface area contributed by atoms with E-state index >= 15 is 0 Å². The number of anilines is 1. The van der Waals surface area contributed by atoms with E-state index in [0.29, 0.717) is 21.8 Å². The summed E-state index contributed by atoms with van der Waals surface area (Å²) >= 11 is 5.94. The fourth-order valence-electron chi connectivity index (χ4n) is 2.65. The quantitative estimate of drug-likeness (QED) is 0.607. The van der Waals surface area contributed by atoms with Crippen molar-refractivity contribution in [2.24, 2.45) is 0 Å². The van der Waals surface area contributed by atoms with Crippen molar-refractivity contribution in [3.8, 4) is 0 Å². The average molecular weight is 438 g/mol. The zero-order valence-corrected chi connectivity index (χ0v) is 16.7. The number of amides is 2. The van der Waals surface area contributed by atoms with E-state index in [-0.39, 0.29) is 23.8 Å². The van der Waals surface area contributed by atoms with Crippen molar-refractivity contribution < 1.29 is 22.4 Å². The first kappa shape index (κ1) is 20.6. The van der Waals surface area contributed by atoms with Crippen molar-refractivity contribution in [2.75, 3.05) is 5.32 Å². The van der Waals surface area contributed by atoms with Crippen molar-refractivity contribution in [1.82, 2.24) is 9.29 Å². The van der Waals surface area contributed by atoms with Crippen LogP contribution in [-0.4, -0.2) is 24.8 Å². The van der Waals surface area contributed by atoms with E-state index in [1.807, 2.05) is 4.72 Å². The topological polar surface area (TPSA) is 127 Å². The lowest BCUT2D eigenvalue weighted by Crippen LogP contribution is -2.28. The summed E-state index contributed by atoms with van der Waals surface area (Å²) in [6, 6.07) is 10.1. The molecule has 0 aliphatic carbocycles. The molecule has 0 saturated carbocycles. The molecule has 3 rings (SSSR count). The largest absolute Gasteiger partial charge is 0.419 e. The van der Waals surface area contributed by atoms with Gasteiger partial charge in [-0.1, -0.05) is 11.6 Å². The van der Waals surface area contributed by atoms with E-state index in [4.69, 9.17) is 16.0 Å². The second-order valence-corrected chi connectivity index (χ2v) is 8.23. The monoisotopic (exact) mass is 437 g/mol. The molecule has 1 aromatic heterocycles. The Labute approximate surface area is 170 Å². The molecule has 2 aromatic carbocycles. The van der Waals surface area contributed by atoms with Crippen LogP contribution in [0.25, 0.3) is 11.1 Å². The molecular formula is C18H16ClN3O6S. The number of sulfonamides is 1. The van der Waals surface area contributed by atoms with E-state index < -0.39 is 21.7 Å². The number of hydrogen-bond acceptors (Lipinski definition) is 6. The Bertz CT molecular complexity index is 1240.